The molecule has 0 aliphatic heterocycles. The average Bonchev–Trinajstić information content (AvgIpc) is 3.13. The Morgan fingerprint density at radius 2 is 1.55 bits per heavy atom. The number of hydrogen-bond acceptors (Lipinski definition) is 6. The van der Waals surface area contributed by atoms with Gasteiger partial charge in [0, 0.05) is 20.1 Å². The quantitative estimate of drug-likeness (QED) is 0.501. The first kappa shape index (κ1) is 24.2. The molecule has 0 spiro atoms. The van der Waals surface area contributed by atoms with Crippen molar-refractivity contribution in [2.45, 2.75) is 31.0 Å². The lowest BCUT2D eigenvalue weighted by molar-refractivity contribution is -0.146. The van der Waals surface area contributed by atoms with Gasteiger partial charge in [-0.3, -0.25) is 4.79 Å². The maximum absolute atomic E-state index is 12.6. The topological polar surface area (TPSA) is 123 Å². The lowest BCUT2D eigenvalue weighted by Crippen LogP contribution is -2.56. The van der Waals surface area contributed by atoms with Crippen molar-refractivity contribution in [3.63, 3.8) is 0 Å². The summed E-state index contributed by atoms with van der Waals surface area (Å²) in [6.07, 6.45) is -1.58. The first-order chi connectivity index (χ1) is 15.9. The molecule has 176 valence electrons. The molecule has 2 aromatic rings. The third-order valence-electron chi connectivity index (χ3n) is 5.69. The van der Waals surface area contributed by atoms with Gasteiger partial charge in [-0.25, -0.2) is 9.59 Å². The second kappa shape index (κ2) is 10.9. The fraction of sp³-hybridized carbons (Fsp3) is 0.375. The predicted molar refractivity (Wildman–Crippen MR) is 120 cm³/mol. The Labute approximate surface area is 192 Å². The Bertz CT molecular complexity index is 964. The summed E-state index contributed by atoms with van der Waals surface area (Å²) in [5, 5.41) is 14.2. The van der Waals surface area contributed by atoms with Crippen molar-refractivity contribution in [2.24, 2.45) is 0 Å². The summed E-state index contributed by atoms with van der Waals surface area (Å²) >= 11 is 0. The molecule has 3 N–H and O–H groups in total. The van der Waals surface area contributed by atoms with Crippen molar-refractivity contribution in [3.8, 4) is 11.1 Å². The maximum atomic E-state index is 12.6. The van der Waals surface area contributed by atoms with Crippen LogP contribution in [0.4, 0.5) is 4.79 Å². The van der Waals surface area contributed by atoms with Crippen LogP contribution in [0.1, 0.15) is 24.0 Å². The van der Waals surface area contributed by atoms with Gasteiger partial charge in [0.1, 0.15) is 12.6 Å². The van der Waals surface area contributed by atoms with Gasteiger partial charge in [-0.2, -0.15) is 0 Å². The lowest BCUT2D eigenvalue weighted by atomic mass is 9.98. The van der Waals surface area contributed by atoms with Crippen LogP contribution in [0.25, 0.3) is 11.1 Å². The molecule has 0 fully saturated rings. The van der Waals surface area contributed by atoms with E-state index in [1.54, 1.807) is 0 Å². The number of carbonyl (C=O) groups excluding carboxylic acids is 2. The standard InChI is InChI=1S/C24H28N2O7/c1-14(32-3)21(23(28)29)26-22(27)20(13-31-2)25-24(30)33-12-19-17-10-6-4-8-15(17)16-9-5-7-11-18(16)19/h4-11,14,19-21H,12-13H2,1-3H3,(H,25,30)(H,26,27)(H,28,29)/t14-,20+,21+/m1/s1. The lowest BCUT2D eigenvalue weighted by Gasteiger charge is -2.24. The molecule has 0 heterocycles. The van der Waals surface area contributed by atoms with E-state index in [4.69, 9.17) is 14.2 Å². The number of carbonyl (C=O) groups is 3. The molecule has 0 bridgehead atoms. The van der Waals surface area contributed by atoms with Crippen LogP contribution in [0.5, 0.6) is 0 Å². The summed E-state index contributed by atoms with van der Waals surface area (Å²) in [7, 11) is 2.71. The summed E-state index contributed by atoms with van der Waals surface area (Å²) in [6, 6.07) is 13.5. The summed E-state index contributed by atoms with van der Waals surface area (Å²) in [5.41, 5.74) is 4.34. The number of amides is 2. The molecular formula is C24H28N2O7. The third-order valence-corrected chi connectivity index (χ3v) is 5.69. The van der Waals surface area contributed by atoms with E-state index in [0.29, 0.717) is 0 Å². The van der Waals surface area contributed by atoms with Crippen LogP contribution in [0.3, 0.4) is 0 Å². The molecule has 9 nitrogen and oxygen atoms in total. The molecule has 1 aliphatic rings. The van der Waals surface area contributed by atoms with E-state index in [-0.39, 0.29) is 19.1 Å². The third kappa shape index (κ3) is 5.50. The molecule has 1 aliphatic carbocycles. The molecule has 9 heteroatoms. The maximum Gasteiger partial charge on any atom is 0.407 e. The van der Waals surface area contributed by atoms with E-state index < -0.39 is 36.2 Å². The van der Waals surface area contributed by atoms with Gasteiger partial charge in [0.2, 0.25) is 5.91 Å². The summed E-state index contributed by atoms with van der Waals surface area (Å²) in [5.74, 6) is -2.10. The molecule has 2 aromatic carbocycles. The highest BCUT2D eigenvalue weighted by molar-refractivity contribution is 5.89. The molecule has 33 heavy (non-hydrogen) atoms. The van der Waals surface area contributed by atoms with Gasteiger partial charge in [0.05, 0.1) is 12.7 Å². The van der Waals surface area contributed by atoms with Gasteiger partial charge in [-0.15, -0.1) is 0 Å². The highest BCUT2D eigenvalue weighted by Crippen LogP contribution is 2.44. The second-order valence-electron chi connectivity index (χ2n) is 7.74. The Balaban J connectivity index is 1.65. The van der Waals surface area contributed by atoms with E-state index in [9.17, 15) is 19.5 Å². The van der Waals surface area contributed by atoms with E-state index in [2.05, 4.69) is 10.6 Å². The van der Waals surface area contributed by atoms with Gasteiger partial charge in [0.15, 0.2) is 6.04 Å². The Kier molecular flexibility index (Phi) is 8.02. The number of carboxylic acids is 1. The largest absolute Gasteiger partial charge is 0.480 e. The van der Waals surface area contributed by atoms with Gasteiger partial charge in [0.25, 0.3) is 0 Å². The van der Waals surface area contributed by atoms with Crippen molar-refractivity contribution in [1.29, 1.82) is 0 Å². The minimum atomic E-state index is -1.29. The summed E-state index contributed by atoms with van der Waals surface area (Å²) in [6.45, 7) is 1.44. The molecule has 0 radical (unpaired) electrons. The number of methoxy groups -OCH3 is 2. The number of hydrogen-bond donors (Lipinski definition) is 3. The SMILES string of the molecule is COC[C@H](NC(=O)OCC1c2ccccc2-c2ccccc21)C(=O)N[C@H](C(=O)O)[C@@H](C)OC. The summed E-state index contributed by atoms with van der Waals surface area (Å²) in [4.78, 5) is 36.6. The predicted octanol–water partition coefficient (Wildman–Crippen LogP) is 2.14. The van der Waals surface area contributed by atoms with Gasteiger partial charge in [-0.05, 0) is 29.2 Å². The number of fused-ring (bicyclic) bond motifs is 3. The van der Waals surface area contributed by atoms with Crippen LogP contribution in [0.2, 0.25) is 0 Å². The van der Waals surface area contributed by atoms with Gasteiger partial charge in [-0.1, -0.05) is 48.5 Å². The first-order valence-corrected chi connectivity index (χ1v) is 10.5. The fourth-order valence-electron chi connectivity index (χ4n) is 3.90. The zero-order chi connectivity index (χ0) is 24.0. The zero-order valence-electron chi connectivity index (χ0n) is 18.7. The van der Waals surface area contributed by atoms with E-state index >= 15 is 0 Å². The van der Waals surface area contributed by atoms with Crippen molar-refractivity contribution < 1.29 is 33.7 Å². The van der Waals surface area contributed by atoms with E-state index in [1.807, 2.05) is 48.5 Å². The molecule has 3 atom stereocenters. The zero-order valence-corrected chi connectivity index (χ0v) is 18.7. The van der Waals surface area contributed by atoms with Gasteiger partial charge >= 0.3 is 12.1 Å². The molecule has 2 amide bonds. The molecule has 0 aromatic heterocycles. The summed E-state index contributed by atoms with van der Waals surface area (Å²) < 4.78 is 15.5. The number of aliphatic carboxylic acids is 1. The number of benzene rings is 2. The normalized spacial score (nSPS) is 15.0. The first-order valence-electron chi connectivity index (χ1n) is 10.5. The molecular weight excluding hydrogens is 428 g/mol. The minimum Gasteiger partial charge on any atom is -0.480 e. The monoisotopic (exact) mass is 456 g/mol. The second-order valence-corrected chi connectivity index (χ2v) is 7.74. The van der Waals surface area contributed by atoms with Gasteiger partial charge < -0.3 is 30.0 Å². The number of carboxylic acid groups (broad SMARTS) is 1. The van der Waals surface area contributed by atoms with E-state index in [1.165, 1.54) is 21.1 Å². The Morgan fingerprint density at radius 3 is 2.06 bits per heavy atom. The van der Waals surface area contributed by atoms with E-state index in [0.717, 1.165) is 22.3 Å². The van der Waals surface area contributed by atoms with Crippen LogP contribution in [-0.2, 0) is 23.8 Å². The van der Waals surface area contributed by atoms with Crippen LogP contribution in [-0.4, -0.2) is 68.7 Å². The van der Waals surface area contributed by atoms with Crippen LogP contribution < -0.4 is 10.6 Å². The number of ether oxygens (including phenoxy) is 3. The van der Waals surface area contributed by atoms with Crippen molar-refractivity contribution >= 4 is 18.0 Å². The Morgan fingerprint density at radius 1 is 0.970 bits per heavy atom. The van der Waals surface area contributed by atoms with Crippen LogP contribution >= 0.6 is 0 Å². The van der Waals surface area contributed by atoms with Crippen LogP contribution in [0.15, 0.2) is 48.5 Å². The highest BCUT2D eigenvalue weighted by Gasteiger charge is 2.32. The molecule has 0 saturated carbocycles. The van der Waals surface area contributed by atoms with Crippen molar-refractivity contribution in [3.05, 3.63) is 59.7 Å². The molecule has 0 unspecified atom stereocenters. The minimum absolute atomic E-state index is 0.0830. The molecule has 3 rings (SSSR count). The highest BCUT2D eigenvalue weighted by atomic mass is 16.5. The van der Waals surface area contributed by atoms with Crippen LogP contribution in [0, 0.1) is 0 Å². The van der Waals surface area contributed by atoms with Crippen molar-refractivity contribution in [2.75, 3.05) is 27.4 Å². The number of rotatable bonds is 10. The fourth-order valence-corrected chi connectivity index (χ4v) is 3.90. The number of alkyl carbamates (subject to hydrolysis) is 1. The molecule has 0 saturated heterocycles. The average molecular weight is 456 g/mol. The van der Waals surface area contributed by atoms with Crippen molar-refractivity contribution in [1.82, 2.24) is 10.6 Å². The number of nitrogens with one attached hydrogen (secondary N) is 2. The Hall–Kier alpha value is -3.43. The smallest absolute Gasteiger partial charge is 0.407 e.